The van der Waals surface area contributed by atoms with Crippen LogP contribution in [0.1, 0.15) is 40.0 Å². The maximum atomic E-state index is 10.4. The van der Waals surface area contributed by atoms with E-state index in [-0.39, 0.29) is 12.2 Å². The first-order valence-corrected chi connectivity index (χ1v) is 4.31. The summed E-state index contributed by atoms with van der Waals surface area (Å²) in [4.78, 5) is 10.4. The first-order valence-electron chi connectivity index (χ1n) is 4.31. The van der Waals surface area contributed by atoms with E-state index >= 15 is 0 Å². The molecule has 1 atom stereocenters. The van der Waals surface area contributed by atoms with Gasteiger partial charge >= 0.3 is 0 Å². The number of unbranched alkanes of at least 4 members (excludes halogenated alkanes) is 1. The van der Waals surface area contributed by atoms with E-state index in [0.717, 1.165) is 25.5 Å². The van der Waals surface area contributed by atoms with Gasteiger partial charge < -0.3 is 9.53 Å². The molecule has 0 saturated heterocycles. The molecular formula is C9H18O2. The van der Waals surface area contributed by atoms with Crippen LogP contribution in [0.4, 0.5) is 0 Å². The quantitative estimate of drug-likeness (QED) is 0.554. The largest absolute Gasteiger partial charge is 0.368 e. The summed E-state index contributed by atoms with van der Waals surface area (Å²) in [5.74, 6) is 0. The van der Waals surface area contributed by atoms with E-state index in [2.05, 4.69) is 6.92 Å². The van der Waals surface area contributed by atoms with Gasteiger partial charge in [-0.2, -0.15) is 0 Å². The van der Waals surface area contributed by atoms with Gasteiger partial charge in [-0.1, -0.05) is 19.8 Å². The molecule has 0 aliphatic rings. The number of hydrogen-bond donors (Lipinski definition) is 0. The molecule has 0 radical (unpaired) electrons. The highest BCUT2D eigenvalue weighted by atomic mass is 16.5. The summed E-state index contributed by atoms with van der Waals surface area (Å²) in [7, 11) is 0. The zero-order valence-corrected chi connectivity index (χ0v) is 7.67. The van der Waals surface area contributed by atoms with Gasteiger partial charge in [-0.3, -0.25) is 0 Å². The van der Waals surface area contributed by atoms with Gasteiger partial charge in [0.15, 0.2) is 0 Å². The van der Waals surface area contributed by atoms with Crippen LogP contribution < -0.4 is 0 Å². The summed E-state index contributed by atoms with van der Waals surface area (Å²) in [5, 5.41) is 0. The molecule has 2 nitrogen and oxygen atoms in total. The number of aldehydes is 1. The Bertz CT molecular complexity index is 99.7. The van der Waals surface area contributed by atoms with Crippen LogP contribution in [0.2, 0.25) is 0 Å². The third kappa shape index (κ3) is 6.05. The van der Waals surface area contributed by atoms with Gasteiger partial charge in [-0.05, 0) is 20.3 Å². The fourth-order valence-corrected chi connectivity index (χ4v) is 0.923. The van der Waals surface area contributed by atoms with Gasteiger partial charge in [0.1, 0.15) is 12.4 Å². The molecule has 0 aromatic carbocycles. The molecule has 66 valence electrons. The van der Waals surface area contributed by atoms with Crippen molar-refractivity contribution in [3.63, 3.8) is 0 Å². The Morgan fingerprint density at radius 2 is 2.09 bits per heavy atom. The lowest BCUT2D eigenvalue weighted by Gasteiger charge is -2.13. The molecular weight excluding hydrogens is 140 g/mol. The Kier molecular flexibility index (Phi) is 6.13. The predicted octanol–water partition coefficient (Wildman–Crippen LogP) is 2.17. The van der Waals surface area contributed by atoms with E-state index in [0.29, 0.717) is 0 Å². The predicted molar refractivity (Wildman–Crippen MR) is 45.6 cm³/mol. The molecule has 0 aromatic heterocycles. The van der Waals surface area contributed by atoms with Crippen molar-refractivity contribution >= 4 is 6.29 Å². The zero-order valence-electron chi connectivity index (χ0n) is 7.67. The van der Waals surface area contributed by atoms with E-state index in [1.54, 1.807) is 0 Å². The van der Waals surface area contributed by atoms with Crippen LogP contribution in [-0.2, 0) is 9.53 Å². The summed E-state index contributed by atoms with van der Waals surface area (Å²) >= 11 is 0. The van der Waals surface area contributed by atoms with Crippen LogP contribution in [-0.4, -0.2) is 18.5 Å². The molecule has 0 aromatic rings. The van der Waals surface area contributed by atoms with Crippen LogP contribution >= 0.6 is 0 Å². The van der Waals surface area contributed by atoms with Crippen molar-refractivity contribution in [3.8, 4) is 0 Å². The summed E-state index contributed by atoms with van der Waals surface area (Å²) in [6, 6.07) is 0. The minimum absolute atomic E-state index is 0.155. The lowest BCUT2D eigenvalue weighted by atomic mass is 10.2. The van der Waals surface area contributed by atoms with Crippen LogP contribution in [0.15, 0.2) is 0 Å². The Balaban J connectivity index is 3.49. The van der Waals surface area contributed by atoms with Gasteiger partial charge in [0.05, 0.1) is 6.10 Å². The molecule has 11 heavy (non-hydrogen) atoms. The second-order valence-corrected chi connectivity index (χ2v) is 3.00. The van der Waals surface area contributed by atoms with Gasteiger partial charge in [0.2, 0.25) is 0 Å². The first kappa shape index (κ1) is 10.6. The molecule has 0 heterocycles. The summed E-state index contributed by atoms with van der Waals surface area (Å²) in [6.07, 6.45) is 3.91. The second-order valence-electron chi connectivity index (χ2n) is 3.00. The highest BCUT2D eigenvalue weighted by Crippen LogP contribution is 2.04. The van der Waals surface area contributed by atoms with Crippen molar-refractivity contribution in [3.05, 3.63) is 0 Å². The molecule has 2 heteroatoms. The lowest BCUT2D eigenvalue weighted by Crippen LogP contribution is -2.18. The van der Waals surface area contributed by atoms with E-state index in [4.69, 9.17) is 4.74 Å². The van der Waals surface area contributed by atoms with E-state index in [1.165, 1.54) is 0 Å². The minimum Gasteiger partial charge on any atom is -0.368 e. The number of hydrogen-bond acceptors (Lipinski definition) is 2. The molecule has 0 aliphatic heterocycles. The van der Waals surface area contributed by atoms with Crippen molar-refractivity contribution < 1.29 is 9.53 Å². The Hall–Kier alpha value is -0.370. The second kappa shape index (κ2) is 6.35. The molecule has 0 bridgehead atoms. The smallest absolute Gasteiger partial charge is 0.148 e. The SMILES string of the molecule is CCCCC(C=O)OC(C)C. The van der Waals surface area contributed by atoms with E-state index < -0.39 is 0 Å². The molecule has 0 aliphatic carbocycles. The number of rotatable bonds is 6. The number of carbonyl (C=O) groups excluding carboxylic acids is 1. The highest BCUT2D eigenvalue weighted by molar-refractivity contribution is 5.55. The third-order valence-electron chi connectivity index (χ3n) is 1.44. The average molecular weight is 158 g/mol. The van der Waals surface area contributed by atoms with E-state index in [1.807, 2.05) is 13.8 Å². The van der Waals surface area contributed by atoms with Gasteiger partial charge in [0.25, 0.3) is 0 Å². The van der Waals surface area contributed by atoms with Crippen molar-refractivity contribution in [2.45, 2.75) is 52.2 Å². The van der Waals surface area contributed by atoms with Crippen LogP contribution in [0.3, 0.4) is 0 Å². The molecule has 0 fully saturated rings. The fraction of sp³-hybridized carbons (Fsp3) is 0.889. The van der Waals surface area contributed by atoms with Gasteiger partial charge in [0, 0.05) is 0 Å². The summed E-state index contributed by atoms with van der Waals surface area (Å²) in [6.45, 7) is 6.00. The van der Waals surface area contributed by atoms with E-state index in [9.17, 15) is 4.79 Å². The number of ether oxygens (including phenoxy) is 1. The Morgan fingerprint density at radius 1 is 1.45 bits per heavy atom. The average Bonchev–Trinajstić information content (AvgIpc) is 1.97. The van der Waals surface area contributed by atoms with Crippen molar-refractivity contribution in [2.75, 3.05) is 0 Å². The highest BCUT2D eigenvalue weighted by Gasteiger charge is 2.07. The Labute approximate surface area is 68.9 Å². The van der Waals surface area contributed by atoms with Crippen molar-refractivity contribution in [1.29, 1.82) is 0 Å². The fourth-order valence-electron chi connectivity index (χ4n) is 0.923. The van der Waals surface area contributed by atoms with Crippen LogP contribution in [0.5, 0.6) is 0 Å². The third-order valence-corrected chi connectivity index (χ3v) is 1.44. The monoisotopic (exact) mass is 158 g/mol. The van der Waals surface area contributed by atoms with Gasteiger partial charge in [-0.25, -0.2) is 0 Å². The minimum atomic E-state index is -0.185. The summed E-state index contributed by atoms with van der Waals surface area (Å²) in [5.41, 5.74) is 0. The van der Waals surface area contributed by atoms with Crippen molar-refractivity contribution in [1.82, 2.24) is 0 Å². The molecule has 0 amide bonds. The lowest BCUT2D eigenvalue weighted by molar-refractivity contribution is -0.121. The molecule has 0 N–H and O–H groups in total. The molecule has 1 unspecified atom stereocenters. The molecule has 0 saturated carbocycles. The standard InChI is InChI=1S/C9H18O2/c1-4-5-6-9(7-10)11-8(2)3/h7-9H,4-6H2,1-3H3. The maximum Gasteiger partial charge on any atom is 0.148 e. The summed E-state index contributed by atoms with van der Waals surface area (Å²) < 4.78 is 5.33. The van der Waals surface area contributed by atoms with Crippen LogP contribution in [0, 0.1) is 0 Å². The molecule has 0 spiro atoms. The maximum absolute atomic E-state index is 10.4. The van der Waals surface area contributed by atoms with Gasteiger partial charge in [-0.15, -0.1) is 0 Å². The first-order chi connectivity index (χ1) is 5.20. The van der Waals surface area contributed by atoms with Crippen LogP contribution in [0.25, 0.3) is 0 Å². The van der Waals surface area contributed by atoms with Crippen molar-refractivity contribution in [2.24, 2.45) is 0 Å². The normalized spacial score (nSPS) is 13.5. The molecule has 0 rings (SSSR count). The number of carbonyl (C=O) groups is 1. The zero-order chi connectivity index (χ0) is 8.69. The Morgan fingerprint density at radius 3 is 2.45 bits per heavy atom. The topological polar surface area (TPSA) is 26.3 Å².